The first-order valence-corrected chi connectivity index (χ1v) is 5.93. The Morgan fingerprint density at radius 2 is 2.06 bits per heavy atom. The Bertz CT molecular complexity index is 705. The number of nitrogens with zero attached hydrogens (tertiary/aromatic N) is 1. The Balaban J connectivity index is 2.93. The van der Waals surface area contributed by atoms with Crippen molar-refractivity contribution in [3.05, 3.63) is 38.6 Å². The number of carboxylic acid groups (broad SMARTS) is 1. The molecule has 1 aromatic heterocycles. The van der Waals surface area contributed by atoms with E-state index in [1.165, 1.54) is 7.05 Å². The summed E-state index contributed by atoms with van der Waals surface area (Å²) in [6.07, 6.45) is -0.340. The van der Waals surface area contributed by atoms with Crippen molar-refractivity contribution in [3.8, 4) is 5.88 Å². The van der Waals surface area contributed by atoms with Crippen LogP contribution in [0.2, 0.25) is 0 Å². The Labute approximate surface area is 110 Å². The summed E-state index contributed by atoms with van der Waals surface area (Å²) in [7, 11) is 1.41. The normalized spacial score (nSPS) is 10.8. The summed E-state index contributed by atoms with van der Waals surface area (Å²) in [6, 6.07) is 4.94. The van der Waals surface area contributed by atoms with Crippen LogP contribution in [0.4, 0.5) is 0 Å². The lowest BCUT2D eigenvalue weighted by Gasteiger charge is -2.11. The fourth-order valence-corrected chi connectivity index (χ4v) is 2.24. The fraction of sp³-hybridized carbons (Fsp3) is 0.167. The molecule has 0 unspecified atom stereocenters. The maximum atomic E-state index is 11.9. The molecule has 0 saturated carbocycles. The standard InChI is InChI=1S/C12H10BrNO4/c1-14-11(17)7-3-2-6(13)4-8(7)9(12(14)18)5-10(15)16/h2-4,18H,5H2,1H3,(H,15,16). The number of aliphatic carboxylic acids is 1. The lowest BCUT2D eigenvalue weighted by molar-refractivity contribution is -0.136. The highest BCUT2D eigenvalue weighted by molar-refractivity contribution is 9.10. The number of hydrogen-bond donors (Lipinski definition) is 2. The molecule has 0 saturated heterocycles. The van der Waals surface area contributed by atoms with E-state index in [1.54, 1.807) is 18.2 Å². The van der Waals surface area contributed by atoms with Gasteiger partial charge in [-0.05, 0) is 23.6 Å². The van der Waals surface area contributed by atoms with Gasteiger partial charge in [0.1, 0.15) is 0 Å². The third-order valence-electron chi connectivity index (χ3n) is 2.76. The minimum Gasteiger partial charge on any atom is -0.494 e. The van der Waals surface area contributed by atoms with Gasteiger partial charge in [0.2, 0.25) is 0 Å². The van der Waals surface area contributed by atoms with Crippen LogP contribution in [0.15, 0.2) is 27.5 Å². The molecule has 1 heterocycles. The van der Waals surface area contributed by atoms with E-state index in [2.05, 4.69) is 15.9 Å². The highest BCUT2D eigenvalue weighted by Gasteiger charge is 2.16. The summed E-state index contributed by atoms with van der Waals surface area (Å²) in [6.45, 7) is 0. The zero-order chi connectivity index (χ0) is 13.4. The SMILES string of the molecule is Cn1c(O)c(CC(=O)O)c2cc(Br)ccc2c1=O. The molecule has 2 aromatic rings. The number of fused-ring (bicyclic) bond motifs is 1. The van der Waals surface area contributed by atoms with Crippen LogP contribution in [0, 0.1) is 0 Å². The number of pyridine rings is 1. The van der Waals surface area contributed by atoms with E-state index in [0.717, 1.165) is 4.57 Å². The van der Waals surface area contributed by atoms with Gasteiger partial charge >= 0.3 is 5.97 Å². The summed E-state index contributed by atoms with van der Waals surface area (Å²) >= 11 is 3.26. The molecular formula is C12H10BrNO4. The number of benzene rings is 1. The van der Waals surface area contributed by atoms with Crippen molar-refractivity contribution in [2.24, 2.45) is 7.05 Å². The molecular weight excluding hydrogens is 302 g/mol. The molecule has 0 spiro atoms. The lowest BCUT2D eigenvalue weighted by Crippen LogP contribution is -2.19. The van der Waals surface area contributed by atoms with E-state index < -0.39 is 5.97 Å². The molecule has 5 nitrogen and oxygen atoms in total. The second-order valence-corrected chi connectivity index (χ2v) is 4.84. The van der Waals surface area contributed by atoms with Gasteiger partial charge in [0.05, 0.1) is 6.42 Å². The van der Waals surface area contributed by atoms with Crippen LogP contribution in [0.1, 0.15) is 5.56 Å². The zero-order valence-electron chi connectivity index (χ0n) is 9.48. The van der Waals surface area contributed by atoms with Gasteiger partial charge in [-0.1, -0.05) is 15.9 Å². The molecule has 0 bridgehead atoms. The summed E-state index contributed by atoms with van der Waals surface area (Å²) in [5.74, 6) is -1.38. The first-order valence-electron chi connectivity index (χ1n) is 5.13. The molecule has 0 atom stereocenters. The van der Waals surface area contributed by atoms with E-state index in [0.29, 0.717) is 15.2 Å². The minimum absolute atomic E-state index is 0.237. The van der Waals surface area contributed by atoms with E-state index in [-0.39, 0.29) is 23.4 Å². The first-order chi connectivity index (χ1) is 8.41. The van der Waals surface area contributed by atoms with Gasteiger partial charge in [-0.3, -0.25) is 14.2 Å². The predicted octanol–water partition coefficient (Wildman–Crippen LogP) is 1.63. The summed E-state index contributed by atoms with van der Waals surface area (Å²) < 4.78 is 1.77. The van der Waals surface area contributed by atoms with Crippen LogP contribution < -0.4 is 5.56 Å². The number of aromatic nitrogens is 1. The van der Waals surface area contributed by atoms with Crippen LogP contribution in [-0.4, -0.2) is 20.7 Å². The molecule has 0 aliphatic heterocycles. The Morgan fingerprint density at radius 3 is 2.67 bits per heavy atom. The van der Waals surface area contributed by atoms with Gasteiger partial charge in [-0.2, -0.15) is 0 Å². The van der Waals surface area contributed by atoms with Crippen molar-refractivity contribution >= 4 is 32.7 Å². The van der Waals surface area contributed by atoms with Crippen molar-refractivity contribution in [1.82, 2.24) is 4.57 Å². The smallest absolute Gasteiger partial charge is 0.308 e. The topological polar surface area (TPSA) is 79.5 Å². The van der Waals surface area contributed by atoms with Crippen LogP contribution >= 0.6 is 15.9 Å². The second kappa shape index (κ2) is 4.45. The average molecular weight is 312 g/mol. The van der Waals surface area contributed by atoms with E-state index in [4.69, 9.17) is 5.11 Å². The van der Waals surface area contributed by atoms with Gasteiger partial charge in [0, 0.05) is 22.5 Å². The molecule has 1 aromatic carbocycles. The van der Waals surface area contributed by atoms with Crippen LogP contribution in [0.25, 0.3) is 10.8 Å². The largest absolute Gasteiger partial charge is 0.494 e. The Kier molecular flexibility index (Phi) is 3.13. The maximum absolute atomic E-state index is 11.9. The maximum Gasteiger partial charge on any atom is 0.308 e. The molecule has 0 radical (unpaired) electrons. The fourth-order valence-electron chi connectivity index (χ4n) is 1.88. The molecule has 0 aliphatic carbocycles. The van der Waals surface area contributed by atoms with E-state index in [9.17, 15) is 14.7 Å². The minimum atomic E-state index is -1.06. The third-order valence-corrected chi connectivity index (χ3v) is 3.25. The third kappa shape index (κ3) is 1.99. The second-order valence-electron chi connectivity index (χ2n) is 3.93. The quantitative estimate of drug-likeness (QED) is 0.883. The zero-order valence-corrected chi connectivity index (χ0v) is 11.1. The van der Waals surface area contributed by atoms with Crippen molar-refractivity contribution in [1.29, 1.82) is 0 Å². The molecule has 2 rings (SSSR count). The number of carbonyl (C=O) groups is 1. The van der Waals surface area contributed by atoms with Gasteiger partial charge in [-0.15, -0.1) is 0 Å². The number of aromatic hydroxyl groups is 1. The van der Waals surface area contributed by atoms with Crippen LogP contribution in [0.3, 0.4) is 0 Å². The lowest BCUT2D eigenvalue weighted by atomic mass is 10.0. The monoisotopic (exact) mass is 311 g/mol. The highest BCUT2D eigenvalue weighted by atomic mass is 79.9. The van der Waals surface area contributed by atoms with Crippen molar-refractivity contribution < 1.29 is 15.0 Å². The van der Waals surface area contributed by atoms with Crippen LogP contribution in [-0.2, 0) is 18.3 Å². The van der Waals surface area contributed by atoms with Crippen molar-refractivity contribution in [3.63, 3.8) is 0 Å². The average Bonchev–Trinajstić information content (AvgIpc) is 2.31. The summed E-state index contributed by atoms with van der Waals surface area (Å²) in [5.41, 5.74) is -0.120. The Morgan fingerprint density at radius 1 is 1.39 bits per heavy atom. The van der Waals surface area contributed by atoms with Gasteiger partial charge < -0.3 is 10.2 Å². The molecule has 18 heavy (non-hydrogen) atoms. The summed E-state index contributed by atoms with van der Waals surface area (Å²) in [5, 5.41) is 19.6. The van der Waals surface area contributed by atoms with Crippen molar-refractivity contribution in [2.45, 2.75) is 6.42 Å². The van der Waals surface area contributed by atoms with E-state index >= 15 is 0 Å². The molecule has 6 heteroatoms. The number of halogens is 1. The van der Waals surface area contributed by atoms with E-state index in [1.807, 2.05) is 0 Å². The van der Waals surface area contributed by atoms with Crippen LogP contribution in [0.5, 0.6) is 5.88 Å². The van der Waals surface area contributed by atoms with Gasteiger partial charge in [0.25, 0.3) is 5.56 Å². The van der Waals surface area contributed by atoms with Gasteiger partial charge in [0.15, 0.2) is 5.88 Å². The Hall–Kier alpha value is -1.82. The molecule has 0 amide bonds. The predicted molar refractivity (Wildman–Crippen MR) is 69.9 cm³/mol. The highest BCUT2D eigenvalue weighted by Crippen LogP contribution is 2.27. The molecule has 0 fully saturated rings. The van der Waals surface area contributed by atoms with Crippen molar-refractivity contribution in [2.75, 3.05) is 0 Å². The molecule has 2 N–H and O–H groups in total. The summed E-state index contributed by atoms with van der Waals surface area (Å²) in [4.78, 5) is 22.8. The molecule has 0 aliphatic rings. The van der Waals surface area contributed by atoms with Gasteiger partial charge in [-0.25, -0.2) is 0 Å². The molecule has 94 valence electrons. The number of rotatable bonds is 2. The first kappa shape index (κ1) is 12.6. The number of hydrogen-bond acceptors (Lipinski definition) is 3. The number of carboxylic acids is 1.